The molecule has 0 aromatic heterocycles. The molecule has 0 aliphatic heterocycles. The Morgan fingerprint density at radius 3 is 2.88 bits per heavy atom. The first-order valence-electron chi connectivity index (χ1n) is 4.98. The van der Waals surface area contributed by atoms with E-state index in [1.165, 1.54) is 18.2 Å². The largest absolute Gasteiger partial charge is 0.362 e. The molecule has 86 valence electrons. The summed E-state index contributed by atoms with van der Waals surface area (Å²) in [7, 11) is 0. The molecular formula is C11H13FN2OS. The third-order valence-corrected chi connectivity index (χ3v) is 2.10. The second-order valence-electron chi connectivity index (χ2n) is 3.22. The fraction of sp³-hybridized carbons (Fsp3) is 0.273. The van der Waals surface area contributed by atoms with Crippen LogP contribution in [0.25, 0.3) is 0 Å². The summed E-state index contributed by atoms with van der Waals surface area (Å²) < 4.78 is 12.8. The fourth-order valence-electron chi connectivity index (χ4n) is 1.09. The van der Waals surface area contributed by atoms with Gasteiger partial charge in [-0.2, -0.15) is 0 Å². The molecule has 0 unspecified atom stereocenters. The molecule has 2 N–H and O–H groups in total. The molecule has 1 amide bonds. The van der Waals surface area contributed by atoms with Crippen molar-refractivity contribution in [1.29, 1.82) is 0 Å². The summed E-state index contributed by atoms with van der Waals surface area (Å²) in [6.07, 6.45) is 0.913. The summed E-state index contributed by atoms with van der Waals surface area (Å²) in [5.41, 5.74) is 0.251. The Balaban J connectivity index is 2.55. The normalized spacial score (nSPS) is 9.62. The minimum atomic E-state index is -0.444. The molecule has 0 bridgehead atoms. The molecule has 0 aliphatic carbocycles. The Morgan fingerprint density at radius 2 is 2.25 bits per heavy atom. The maximum Gasteiger partial charge on any atom is 0.257 e. The van der Waals surface area contributed by atoms with Crippen LogP contribution in [0.2, 0.25) is 0 Å². The molecule has 0 atom stereocenters. The lowest BCUT2D eigenvalue weighted by molar-refractivity contribution is 0.0976. The molecular weight excluding hydrogens is 227 g/mol. The van der Waals surface area contributed by atoms with Crippen molar-refractivity contribution >= 4 is 23.2 Å². The zero-order valence-electron chi connectivity index (χ0n) is 8.92. The highest BCUT2D eigenvalue weighted by Crippen LogP contribution is 2.02. The van der Waals surface area contributed by atoms with Gasteiger partial charge in [0.25, 0.3) is 5.91 Å². The SMILES string of the molecule is CCCNC(=S)NC(=O)c1cccc(F)c1. The van der Waals surface area contributed by atoms with Gasteiger partial charge in [-0.3, -0.25) is 10.1 Å². The van der Waals surface area contributed by atoms with Crippen LogP contribution in [0.5, 0.6) is 0 Å². The molecule has 0 saturated carbocycles. The Kier molecular flexibility index (Phi) is 4.85. The van der Waals surface area contributed by atoms with Crippen molar-refractivity contribution in [2.45, 2.75) is 13.3 Å². The number of amides is 1. The summed E-state index contributed by atoms with van der Waals surface area (Å²) in [5.74, 6) is -0.854. The lowest BCUT2D eigenvalue weighted by Crippen LogP contribution is -2.39. The maximum atomic E-state index is 12.8. The van der Waals surface area contributed by atoms with Gasteiger partial charge < -0.3 is 5.32 Å². The molecule has 0 fully saturated rings. The van der Waals surface area contributed by atoms with E-state index in [4.69, 9.17) is 12.2 Å². The summed E-state index contributed by atoms with van der Waals surface area (Å²) >= 11 is 4.89. The predicted octanol–water partition coefficient (Wildman–Crippen LogP) is 1.84. The van der Waals surface area contributed by atoms with Gasteiger partial charge in [-0.1, -0.05) is 13.0 Å². The minimum absolute atomic E-state index is 0.251. The van der Waals surface area contributed by atoms with Crippen LogP contribution < -0.4 is 10.6 Å². The smallest absolute Gasteiger partial charge is 0.257 e. The standard InChI is InChI=1S/C11H13FN2OS/c1-2-6-13-11(16)14-10(15)8-4-3-5-9(12)7-8/h3-5,7H,2,6H2,1H3,(H2,13,14,15,16). The molecule has 1 aromatic rings. The van der Waals surface area contributed by atoms with Crippen LogP contribution in [0.3, 0.4) is 0 Å². The quantitative estimate of drug-likeness (QED) is 0.792. The molecule has 5 heteroatoms. The molecule has 0 heterocycles. The van der Waals surface area contributed by atoms with Gasteiger partial charge >= 0.3 is 0 Å². The van der Waals surface area contributed by atoms with Gasteiger partial charge in [0, 0.05) is 12.1 Å². The Labute approximate surface area is 99.0 Å². The zero-order chi connectivity index (χ0) is 12.0. The Hall–Kier alpha value is -1.49. The van der Waals surface area contributed by atoms with E-state index in [-0.39, 0.29) is 10.7 Å². The Bertz CT molecular complexity index is 395. The molecule has 0 radical (unpaired) electrons. The van der Waals surface area contributed by atoms with Crippen LogP contribution >= 0.6 is 12.2 Å². The van der Waals surface area contributed by atoms with Gasteiger partial charge in [0.2, 0.25) is 0 Å². The average molecular weight is 240 g/mol. The van der Waals surface area contributed by atoms with Gasteiger partial charge in [-0.05, 0) is 36.8 Å². The first-order chi connectivity index (χ1) is 7.63. The number of halogens is 1. The van der Waals surface area contributed by atoms with E-state index in [0.29, 0.717) is 6.54 Å². The zero-order valence-corrected chi connectivity index (χ0v) is 9.73. The van der Waals surface area contributed by atoms with E-state index >= 15 is 0 Å². The van der Waals surface area contributed by atoms with E-state index in [1.54, 1.807) is 0 Å². The lowest BCUT2D eigenvalue weighted by atomic mass is 10.2. The number of benzene rings is 1. The van der Waals surface area contributed by atoms with Crippen LogP contribution in [-0.4, -0.2) is 17.6 Å². The van der Waals surface area contributed by atoms with Crippen molar-refractivity contribution in [3.63, 3.8) is 0 Å². The molecule has 0 spiro atoms. The van der Waals surface area contributed by atoms with Gasteiger partial charge in [0.15, 0.2) is 5.11 Å². The van der Waals surface area contributed by atoms with Gasteiger partial charge in [-0.15, -0.1) is 0 Å². The number of hydrogen-bond acceptors (Lipinski definition) is 2. The first-order valence-corrected chi connectivity index (χ1v) is 5.39. The second-order valence-corrected chi connectivity index (χ2v) is 3.63. The third kappa shape index (κ3) is 3.94. The molecule has 0 saturated heterocycles. The van der Waals surface area contributed by atoms with Gasteiger partial charge in [0.1, 0.15) is 5.82 Å². The molecule has 1 aromatic carbocycles. The first kappa shape index (κ1) is 12.6. The number of carbonyl (C=O) groups is 1. The summed E-state index contributed by atoms with van der Waals surface area (Å²) in [5, 5.41) is 5.59. The summed E-state index contributed by atoms with van der Waals surface area (Å²) in [4.78, 5) is 11.6. The third-order valence-electron chi connectivity index (χ3n) is 1.85. The van der Waals surface area contributed by atoms with Crippen LogP contribution in [0.15, 0.2) is 24.3 Å². The van der Waals surface area contributed by atoms with Crippen molar-refractivity contribution in [3.05, 3.63) is 35.6 Å². The number of rotatable bonds is 3. The van der Waals surface area contributed by atoms with E-state index in [1.807, 2.05) is 6.92 Å². The minimum Gasteiger partial charge on any atom is -0.362 e. The highest BCUT2D eigenvalue weighted by molar-refractivity contribution is 7.80. The van der Waals surface area contributed by atoms with Crippen LogP contribution in [0, 0.1) is 5.82 Å². The van der Waals surface area contributed by atoms with Crippen molar-refractivity contribution in [2.75, 3.05) is 6.54 Å². The predicted molar refractivity (Wildman–Crippen MR) is 64.8 cm³/mol. The molecule has 16 heavy (non-hydrogen) atoms. The van der Waals surface area contributed by atoms with E-state index in [0.717, 1.165) is 12.5 Å². The number of carbonyl (C=O) groups excluding carboxylic acids is 1. The average Bonchev–Trinajstić information content (AvgIpc) is 2.26. The van der Waals surface area contributed by atoms with E-state index < -0.39 is 11.7 Å². The van der Waals surface area contributed by atoms with Crippen LogP contribution in [-0.2, 0) is 0 Å². The van der Waals surface area contributed by atoms with Crippen molar-refractivity contribution in [3.8, 4) is 0 Å². The van der Waals surface area contributed by atoms with Gasteiger partial charge in [0.05, 0.1) is 0 Å². The Morgan fingerprint density at radius 1 is 1.50 bits per heavy atom. The number of thiocarbonyl (C=S) groups is 1. The van der Waals surface area contributed by atoms with E-state index in [9.17, 15) is 9.18 Å². The summed E-state index contributed by atoms with van der Waals surface area (Å²) in [6.45, 7) is 2.69. The van der Waals surface area contributed by atoms with Crippen molar-refractivity contribution in [2.24, 2.45) is 0 Å². The van der Waals surface area contributed by atoms with Crippen molar-refractivity contribution in [1.82, 2.24) is 10.6 Å². The highest BCUT2D eigenvalue weighted by atomic mass is 32.1. The molecule has 0 aliphatic rings. The van der Waals surface area contributed by atoms with Crippen LogP contribution in [0.4, 0.5) is 4.39 Å². The fourth-order valence-corrected chi connectivity index (χ4v) is 1.28. The molecule has 3 nitrogen and oxygen atoms in total. The lowest BCUT2D eigenvalue weighted by Gasteiger charge is -2.08. The van der Waals surface area contributed by atoms with Crippen molar-refractivity contribution < 1.29 is 9.18 Å². The number of nitrogens with one attached hydrogen (secondary N) is 2. The topological polar surface area (TPSA) is 41.1 Å². The molecule has 1 rings (SSSR count). The highest BCUT2D eigenvalue weighted by Gasteiger charge is 2.07. The van der Waals surface area contributed by atoms with E-state index in [2.05, 4.69) is 10.6 Å². The van der Waals surface area contributed by atoms with Crippen LogP contribution in [0.1, 0.15) is 23.7 Å². The number of hydrogen-bond donors (Lipinski definition) is 2. The maximum absolute atomic E-state index is 12.8. The summed E-state index contributed by atoms with van der Waals surface area (Å²) in [6, 6.07) is 5.45. The second kappa shape index (κ2) is 6.17. The monoisotopic (exact) mass is 240 g/mol. The van der Waals surface area contributed by atoms with Gasteiger partial charge in [-0.25, -0.2) is 4.39 Å².